The highest BCUT2D eigenvalue weighted by Gasteiger charge is 2.11. The average Bonchev–Trinajstić information content (AvgIpc) is 2.83. The second-order valence-electron chi connectivity index (χ2n) is 4.16. The van der Waals surface area contributed by atoms with E-state index in [1.54, 1.807) is 6.33 Å². The minimum absolute atomic E-state index is 0.799. The fraction of sp³-hybridized carbons (Fsp3) is 0.0714. The number of aromatic nitrogens is 2. The van der Waals surface area contributed by atoms with Gasteiger partial charge in [0, 0.05) is 22.8 Å². The molecule has 0 saturated carbocycles. The third kappa shape index (κ3) is 1.47. The maximum Gasteiger partial charge on any atom is 0.0927 e. The predicted molar refractivity (Wildman–Crippen MR) is 70.7 cm³/mol. The first-order valence-corrected chi connectivity index (χ1v) is 5.54. The third-order valence-electron chi connectivity index (χ3n) is 3.04. The van der Waals surface area contributed by atoms with E-state index in [4.69, 9.17) is 5.73 Å². The van der Waals surface area contributed by atoms with E-state index in [2.05, 4.69) is 29.0 Å². The zero-order valence-corrected chi connectivity index (χ0v) is 9.57. The molecule has 0 aliphatic heterocycles. The average molecular weight is 223 g/mol. The van der Waals surface area contributed by atoms with E-state index >= 15 is 0 Å². The second-order valence-corrected chi connectivity index (χ2v) is 4.16. The Morgan fingerprint density at radius 2 is 2.06 bits per heavy atom. The lowest BCUT2D eigenvalue weighted by atomic mass is 9.97. The Morgan fingerprint density at radius 3 is 2.82 bits per heavy atom. The van der Waals surface area contributed by atoms with Crippen LogP contribution in [0.25, 0.3) is 22.0 Å². The molecule has 1 aromatic heterocycles. The Labute approximate surface area is 99.3 Å². The van der Waals surface area contributed by atoms with Gasteiger partial charge in [0.2, 0.25) is 0 Å². The number of benzene rings is 2. The number of rotatable bonds is 1. The Balaban J connectivity index is 2.39. The van der Waals surface area contributed by atoms with Gasteiger partial charge in [-0.25, -0.2) is 4.98 Å². The molecule has 3 aromatic rings. The smallest absolute Gasteiger partial charge is 0.0927 e. The van der Waals surface area contributed by atoms with E-state index in [9.17, 15) is 0 Å². The van der Waals surface area contributed by atoms with Crippen LogP contribution in [0.1, 0.15) is 5.56 Å². The third-order valence-corrected chi connectivity index (χ3v) is 3.04. The Morgan fingerprint density at radius 1 is 1.24 bits per heavy atom. The predicted octanol–water partition coefficient (Wildman–Crippen LogP) is 3.12. The van der Waals surface area contributed by atoms with Crippen molar-refractivity contribution < 1.29 is 0 Å². The van der Waals surface area contributed by atoms with E-state index < -0.39 is 0 Å². The zero-order valence-electron chi connectivity index (χ0n) is 9.57. The number of nitrogen functional groups attached to an aromatic ring is 1. The van der Waals surface area contributed by atoms with Crippen LogP contribution in [0.15, 0.2) is 42.9 Å². The van der Waals surface area contributed by atoms with E-state index in [0.717, 1.165) is 27.9 Å². The van der Waals surface area contributed by atoms with Gasteiger partial charge in [-0.15, -0.1) is 0 Å². The lowest BCUT2D eigenvalue weighted by Crippen LogP contribution is -1.95. The molecule has 0 atom stereocenters. The van der Waals surface area contributed by atoms with Crippen molar-refractivity contribution in [3.05, 3.63) is 48.4 Å². The molecule has 0 unspecified atom stereocenters. The highest BCUT2D eigenvalue weighted by molar-refractivity contribution is 6.01. The molecule has 3 nitrogen and oxygen atoms in total. The summed E-state index contributed by atoms with van der Waals surface area (Å²) in [4.78, 5) is 7.24. The maximum absolute atomic E-state index is 6.26. The number of anilines is 1. The molecular formula is C14H13N3. The van der Waals surface area contributed by atoms with Gasteiger partial charge in [-0.2, -0.15) is 0 Å². The summed E-state index contributed by atoms with van der Waals surface area (Å²) in [5, 5.41) is 2.25. The van der Waals surface area contributed by atoms with Crippen LogP contribution >= 0.6 is 0 Å². The van der Waals surface area contributed by atoms with Crippen LogP contribution in [0.5, 0.6) is 0 Å². The largest absolute Gasteiger partial charge is 0.398 e. The number of H-pyrrole nitrogens is 1. The van der Waals surface area contributed by atoms with Crippen molar-refractivity contribution in [1.29, 1.82) is 0 Å². The highest BCUT2D eigenvalue weighted by Crippen LogP contribution is 2.34. The topological polar surface area (TPSA) is 54.7 Å². The van der Waals surface area contributed by atoms with Gasteiger partial charge in [0.15, 0.2) is 0 Å². The first kappa shape index (κ1) is 9.90. The van der Waals surface area contributed by atoms with Gasteiger partial charge < -0.3 is 10.7 Å². The minimum Gasteiger partial charge on any atom is -0.398 e. The molecule has 0 fully saturated rings. The van der Waals surface area contributed by atoms with E-state index in [1.807, 2.05) is 24.4 Å². The SMILES string of the molecule is Cc1cc2ccccc2c(N)c1-c1c[nH]cn1. The molecule has 84 valence electrons. The summed E-state index contributed by atoms with van der Waals surface area (Å²) < 4.78 is 0. The number of imidazole rings is 1. The monoisotopic (exact) mass is 223 g/mol. The highest BCUT2D eigenvalue weighted by atomic mass is 14.9. The summed E-state index contributed by atoms with van der Waals surface area (Å²) in [6.45, 7) is 2.06. The number of nitrogens with zero attached hydrogens (tertiary/aromatic N) is 1. The van der Waals surface area contributed by atoms with E-state index in [0.29, 0.717) is 0 Å². The van der Waals surface area contributed by atoms with Gasteiger partial charge in [-0.1, -0.05) is 30.3 Å². The molecule has 0 amide bonds. The number of fused-ring (bicyclic) bond motifs is 1. The van der Waals surface area contributed by atoms with Gasteiger partial charge in [0.05, 0.1) is 12.0 Å². The first-order valence-electron chi connectivity index (χ1n) is 5.54. The Hall–Kier alpha value is -2.29. The van der Waals surface area contributed by atoms with Crippen LogP contribution in [-0.2, 0) is 0 Å². The summed E-state index contributed by atoms with van der Waals surface area (Å²) in [6.07, 6.45) is 3.54. The van der Waals surface area contributed by atoms with Crippen molar-refractivity contribution in [2.45, 2.75) is 6.92 Å². The molecule has 1 heterocycles. The molecule has 3 rings (SSSR count). The van der Waals surface area contributed by atoms with Crippen LogP contribution in [0, 0.1) is 6.92 Å². The molecule has 0 spiro atoms. The fourth-order valence-corrected chi connectivity index (χ4v) is 2.26. The molecule has 0 radical (unpaired) electrons. The molecule has 0 saturated heterocycles. The van der Waals surface area contributed by atoms with Crippen molar-refractivity contribution in [1.82, 2.24) is 9.97 Å². The summed E-state index contributed by atoms with van der Waals surface area (Å²) in [7, 11) is 0. The Bertz CT molecular complexity index is 669. The summed E-state index contributed by atoms with van der Waals surface area (Å²) in [5.74, 6) is 0. The lowest BCUT2D eigenvalue weighted by molar-refractivity contribution is 1.31. The summed E-state index contributed by atoms with van der Waals surface area (Å²) in [5.41, 5.74) is 10.1. The van der Waals surface area contributed by atoms with Gasteiger partial charge in [-0.05, 0) is 17.9 Å². The van der Waals surface area contributed by atoms with Gasteiger partial charge in [0.1, 0.15) is 0 Å². The van der Waals surface area contributed by atoms with Crippen molar-refractivity contribution in [2.75, 3.05) is 5.73 Å². The molecule has 0 aliphatic rings. The Kier molecular flexibility index (Phi) is 2.11. The lowest BCUT2D eigenvalue weighted by Gasteiger charge is -2.10. The van der Waals surface area contributed by atoms with Crippen molar-refractivity contribution in [3.8, 4) is 11.3 Å². The molecule has 0 bridgehead atoms. The van der Waals surface area contributed by atoms with Crippen LogP contribution < -0.4 is 5.73 Å². The standard InChI is InChI=1S/C14H13N3/c1-9-6-10-4-2-3-5-11(10)14(15)13(9)12-7-16-8-17-12/h2-8H,15H2,1H3,(H,16,17). The normalized spacial score (nSPS) is 10.9. The van der Waals surface area contributed by atoms with Crippen LogP contribution in [0.3, 0.4) is 0 Å². The molecule has 0 aliphatic carbocycles. The van der Waals surface area contributed by atoms with Crippen molar-refractivity contribution >= 4 is 16.5 Å². The zero-order chi connectivity index (χ0) is 11.8. The fourth-order valence-electron chi connectivity index (χ4n) is 2.26. The molecule has 3 heteroatoms. The summed E-state index contributed by atoms with van der Waals surface area (Å²) in [6, 6.07) is 10.3. The number of hydrogen-bond donors (Lipinski definition) is 2. The second kappa shape index (κ2) is 3.63. The first-order chi connectivity index (χ1) is 8.27. The number of aryl methyl sites for hydroxylation is 1. The van der Waals surface area contributed by atoms with E-state index in [1.165, 1.54) is 5.39 Å². The van der Waals surface area contributed by atoms with Gasteiger partial charge in [0.25, 0.3) is 0 Å². The van der Waals surface area contributed by atoms with Gasteiger partial charge >= 0.3 is 0 Å². The van der Waals surface area contributed by atoms with Crippen molar-refractivity contribution in [3.63, 3.8) is 0 Å². The van der Waals surface area contributed by atoms with Crippen LogP contribution in [-0.4, -0.2) is 9.97 Å². The number of nitrogens with one attached hydrogen (secondary N) is 1. The molecule has 17 heavy (non-hydrogen) atoms. The van der Waals surface area contributed by atoms with Crippen LogP contribution in [0.4, 0.5) is 5.69 Å². The number of hydrogen-bond acceptors (Lipinski definition) is 2. The minimum atomic E-state index is 0.799. The molecule has 3 N–H and O–H groups in total. The molecular weight excluding hydrogens is 210 g/mol. The number of aromatic amines is 1. The number of nitrogens with two attached hydrogens (primary N) is 1. The van der Waals surface area contributed by atoms with Crippen molar-refractivity contribution in [2.24, 2.45) is 0 Å². The molecule has 2 aromatic carbocycles. The summed E-state index contributed by atoms with van der Waals surface area (Å²) >= 11 is 0. The quantitative estimate of drug-likeness (QED) is 0.623. The van der Waals surface area contributed by atoms with Gasteiger partial charge in [-0.3, -0.25) is 0 Å². The van der Waals surface area contributed by atoms with Crippen LogP contribution in [0.2, 0.25) is 0 Å². The van der Waals surface area contributed by atoms with E-state index in [-0.39, 0.29) is 0 Å². The maximum atomic E-state index is 6.26.